The van der Waals surface area contributed by atoms with E-state index in [9.17, 15) is 14.4 Å². The van der Waals surface area contributed by atoms with Crippen LogP contribution in [-0.2, 0) is 0 Å². The summed E-state index contributed by atoms with van der Waals surface area (Å²) in [4.78, 5) is 33.8. The molecule has 3 aromatic heterocycles. The number of benzene rings is 3. The van der Waals surface area contributed by atoms with Crippen molar-refractivity contribution < 1.29 is 0 Å². The monoisotopic (exact) mass is 710 g/mol. The Hall–Kier alpha value is -3.09. The highest BCUT2D eigenvalue weighted by Gasteiger charge is 2.05. The summed E-state index contributed by atoms with van der Waals surface area (Å²) in [6.07, 6.45) is 0. The van der Waals surface area contributed by atoms with Crippen LogP contribution < -0.4 is 16.7 Å². The Morgan fingerprint density at radius 2 is 0.923 bits per heavy atom. The third-order valence-electron chi connectivity index (χ3n) is 5.31. The van der Waals surface area contributed by atoms with Gasteiger partial charge in [-0.2, -0.15) is 15.3 Å². The van der Waals surface area contributed by atoms with Gasteiger partial charge in [-0.1, -0.05) is 84.4 Å². The van der Waals surface area contributed by atoms with Crippen LogP contribution in [0.5, 0.6) is 0 Å². The highest BCUT2D eigenvalue weighted by Crippen LogP contribution is 2.22. The minimum atomic E-state index is -0.235. The van der Waals surface area contributed by atoms with Gasteiger partial charge in [0.1, 0.15) is 0 Å². The zero-order chi connectivity index (χ0) is 28.3. The van der Waals surface area contributed by atoms with Gasteiger partial charge < -0.3 is 0 Å². The molecule has 0 fully saturated rings. The minimum Gasteiger partial charge on any atom is -0.267 e. The maximum atomic E-state index is 11.3. The number of halogens is 5. The fourth-order valence-corrected chi connectivity index (χ4v) is 4.79. The van der Waals surface area contributed by atoms with Crippen molar-refractivity contribution in [2.75, 3.05) is 0 Å². The molecule has 3 N–H and O–H groups in total. The SMILES string of the molecule is Cc1ccc2c(Cl)n[nH]c(=O)c2c1.O=c1[nH]nc(Cl)c2cc(Br)ccc12.O=c1[nH]nc(Cl)c2ccc(Br)cc12. The quantitative estimate of drug-likeness (QED) is 0.163. The summed E-state index contributed by atoms with van der Waals surface area (Å²) in [6, 6.07) is 16.0. The van der Waals surface area contributed by atoms with Gasteiger partial charge in [0.15, 0.2) is 15.5 Å². The lowest BCUT2D eigenvalue weighted by Gasteiger charge is -1.98. The van der Waals surface area contributed by atoms with E-state index in [0.717, 1.165) is 14.5 Å². The number of rotatable bonds is 0. The molecule has 0 atom stereocenters. The van der Waals surface area contributed by atoms with Crippen LogP contribution in [0.15, 0.2) is 77.9 Å². The molecule has 6 rings (SSSR count). The molecule has 0 amide bonds. The summed E-state index contributed by atoms with van der Waals surface area (Å²) in [5.41, 5.74) is 0.357. The summed E-state index contributed by atoms with van der Waals surface area (Å²) < 4.78 is 1.71. The number of hydrogen-bond acceptors (Lipinski definition) is 6. The van der Waals surface area contributed by atoms with Crippen LogP contribution >= 0.6 is 66.7 Å². The predicted molar refractivity (Wildman–Crippen MR) is 162 cm³/mol. The van der Waals surface area contributed by atoms with Crippen molar-refractivity contribution in [3.63, 3.8) is 0 Å². The van der Waals surface area contributed by atoms with Crippen molar-refractivity contribution in [2.24, 2.45) is 0 Å². The average molecular weight is 714 g/mol. The second kappa shape index (κ2) is 12.4. The molecule has 0 aliphatic rings. The van der Waals surface area contributed by atoms with Crippen molar-refractivity contribution in [3.8, 4) is 0 Å². The molecular formula is C25H15Br2Cl3N6O3. The molecule has 39 heavy (non-hydrogen) atoms. The first-order chi connectivity index (χ1) is 18.5. The molecule has 0 spiro atoms. The van der Waals surface area contributed by atoms with Crippen LogP contribution in [0.1, 0.15) is 5.56 Å². The molecule has 0 saturated carbocycles. The third kappa shape index (κ3) is 6.74. The smallest absolute Gasteiger partial charge is 0.267 e. The topological polar surface area (TPSA) is 137 Å². The fraction of sp³-hybridized carbons (Fsp3) is 0.0400. The van der Waals surface area contributed by atoms with Gasteiger partial charge in [0, 0.05) is 25.1 Å². The van der Waals surface area contributed by atoms with Gasteiger partial charge in [-0.05, 0) is 49.4 Å². The Morgan fingerprint density at radius 1 is 0.538 bits per heavy atom. The molecule has 3 aromatic carbocycles. The fourth-order valence-electron chi connectivity index (χ4n) is 3.46. The third-order valence-corrected chi connectivity index (χ3v) is 7.16. The largest absolute Gasteiger partial charge is 0.272 e. The Kier molecular flexibility index (Phi) is 9.19. The number of aromatic nitrogens is 6. The van der Waals surface area contributed by atoms with Gasteiger partial charge >= 0.3 is 0 Å². The van der Waals surface area contributed by atoms with E-state index in [2.05, 4.69) is 62.5 Å². The number of H-pyrrole nitrogens is 3. The van der Waals surface area contributed by atoms with Gasteiger partial charge in [-0.3, -0.25) is 14.4 Å². The van der Waals surface area contributed by atoms with Gasteiger partial charge in [-0.15, -0.1) is 0 Å². The number of aromatic amines is 3. The Morgan fingerprint density at radius 3 is 1.46 bits per heavy atom. The highest BCUT2D eigenvalue weighted by atomic mass is 79.9. The molecule has 0 saturated heterocycles. The van der Waals surface area contributed by atoms with Gasteiger partial charge in [0.2, 0.25) is 0 Å². The molecule has 9 nitrogen and oxygen atoms in total. The standard InChI is InChI=1S/C9H7ClN2O.2C8H4BrClN2O/c1-5-2-3-6-7(4-5)9(13)12-11-8(6)10;9-4-1-2-5-6(3-4)7(10)11-12-8(5)13;9-4-1-2-5-6(3-4)8(13)12-11-7(5)10/h2-4H,1H3,(H,12,13);2*1-3H,(H,12,13). The predicted octanol–water partition coefficient (Wildman–Crippen LogP) is 6.56. The van der Waals surface area contributed by atoms with E-state index in [1.165, 1.54) is 0 Å². The summed E-state index contributed by atoms with van der Waals surface area (Å²) >= 11 is 24.0. The van der Waals surface area contributed by atoms with Crippen LogP contribution in [0.4, 0.5) is 0 Å². The molecule has 0 aliphatic carbocycles. The summed E-state index contributed by atoms with van der Waals surface area (Å²) in [7, 11) is 0. The van der Waals surface area contributed by atoms with Crippen molar-refractivity contribution in [3.05, 3.63) is 116 Å². The zero-order valence-corrected chi connectivity index (χ0v) is 25.1. The van der Waals surface area contributed by atoms with E-state index in [1.807, 2.05) is 19.1 Å². The molecule has 0 unspecified atom stereocenters. The van der Waals surface area contributed by atoms with E-state index in [1.54, 1.807) is 42.5 Å². The molecule has 0 aliphatic heterocycles. The lowest BCUT2D eigenvalue weighted by molar-refractivity contribution is 1.01. The van der Waals surface area contributed by atoms with Crippen molar-refractivity contribution in [2.45, 2.75) is 6.92 Å². The molecular weight excluding hydrogens is 698 g/mol. The maximum absolute atomic E-state index is 11.3. The van der Waals surface area contributed by atoms with Crippen LogP contribution in [0.3, 0.4) is 0 Å². The molecule has 0 radical (unpaired) electrons. The molecule has 3 heterocycles. The van der Waals surface area contributed by atoms with Crippen LogP contribution in [0, 0.1) is 6.92 Å². The average Bonchev–Trinajstić information content (AvgIpc) is 2.91. The van der Waals surface area contributed by atoms with E-state index in [-0.39, 0.29) is 16.7 Å². The van der Waals surface area contributed by atoms with Gasteiger partial charge in [0.05, 0.1) is 16.2 Å². The Labute approximate surface area is 250 Å². The number of aryl methyl sites for hydroxylation is 1. The Balaban J connectivity index is 0.000000136. The summed E-state index contributed by atoms with van der Waals surface area (Å²) in [5, 5.41) is 22.5. The van der Waals surface area contributed by atoms with E-state index >= 15 is 0 Å². The number of fused-ring (bicyclic) bond motifs is 3. The number of nitrogens with one attached hydrogen (secondary N) is 3. The number of hydrogen-bond donors (Lipinski definition) is 3. The first-order valence-electron chi connectivity index (χ1n) is 10.9. The summed E-state index contributed by atoms with van der Waals surface area (Å²) in [6.45, 7) is 1.92. The van der Waals surface area contributed by atoms with E-state index < -0.39 is 0 Å². The minimum absolute atomic E-state index is 0.205. The van der Waals surface area contributed by atoms with Crippen LogP contribution in [0.2, 0.25) is 15.5 Å². The van der Waals surface area contributed by atoms with Crippen LogP contribution in [-0.4, -0.2) is 30.6 Å². The first kappa shape index (κ1) is 28.9. The molecule has 6 aromatic rings. The van der Waals surface area contributed by atoms with Crippen LogP contribution in [0.25, 0.3) is 32.3 Å². The van der Waals surface area contributed by atoms with Gasteiger partial charge in [0.25, 0.3) is 16.7 Å². The molecule has 0 bridgehead atoms. The van der Waals surface area contributed by atoms with Gasteiger partial charge in [-0.25, -0.2) is 15.3 Å². The highest BCUT2D eigenvalue weighted by molar-refractivity contribution is 9.10. The van der Waals surface area contributed by atoms with Crippen molar-refractivity contribution in [1.29, 1.82) is 0 Å². The summed E-state index contributed by atoms with van der Waals surface area (Å²) in [5.74, 6) is 0. The first-order valence-corrected chi connectivity index (χ1v) is 13.6. The number of nitrogens with zero attached hydrogens (tertiary/aromatic N) is 3. The zero-order valence-electron chi connectivity index (χ0n) is 19.7. The lowest BCUT2D eigenvalue weighted by Crippen LogP contribution is -2.08. The maximum Gasteiger partial charge on any atom is 0.272 e. The normalized spacial score (nSPS) is 10.6. The van der Waals surface area contributed by atoms with Crippen molar-refractivity contribution >= 4 is 99.0 Å². The molecule has 14 heteroatoms. The lowest BCUT2D eigenvalue weighted by atomic mass is 10.1. The second-order valence-electron chi connectivity index (χ2n) is 7.96. The van der Waals surface area contributed by atoms with E-state index in [0.29, 0.717) is 47.8 Å². The van der Waals surface area contributed by atoms with Crippen molar-refractivity contribution in [1.82, 2.24) is 30.6 Å². The molecule has 198 valence electrons. The van der Waals surface area contributed by atoms with E-state index in [4.69, 9.17) is 34.8 Å². The Bertz CT molecular complexity index is 1930. The second-order valence-corrected chi connectivity index (χ2v) is 10.9.